The number of hydrogen-bond acceptors (Lipinski definition) is 4. The molecule has 8 heteroatoms. The summed E-state index contributed by atoms with van der Waals surface area (Å²) in [5.74, 6) is 0.526. The molecule has 0 spiro atoms. The Morgan fingerprint density at radius 1 is 1.12 bits per heavy atom. The Balaban J connectivity index is 1.81. The Morgan fingerprint density at radius 2 is 1.88 bits per heavy atom. The summed E-state index contributed by atoms with van der Waals surface area (Å²) in [4.78, 5) is 12.5. The van der Waals surface area contributed by atoms with Gasteiger partial charge >= 0.3 is 0 Å². The number of ether oxygens (including phenoxy) is 2. The average Bonchev–Trinajstić information content (AvgIpc) is 2.77. The Hall–Kier alpha value is -2.73. The van der Waals surface area contributed by atoms with Gasteiger partial charge in [0.25, 0.3) is 5.91 Å². The molecule has 3 aromatic rings. The highest BCUT2D eigenvalue weighted by molar-refractivity contribution is 14.1. The van der Waals surface area contributed by atoms with E-state index in [1.54, 1.807) is 42.5 Å². The summed E-state index contributed by atoms with van der Waals surface area (Å²) in [6.45, 7) is 0.338. The molecule has 0 fully saturated rings. The number of anilines is 1. The lowest BCUT2D eigenvalue weighted by Crippen LogP contribution is -2.13. The molecule has 3 aromatic carbocycles. The highest BCUT2D eigenvalue weighted by Crippen LogP contribution is 2.35. The minimum atomic E-state index is -0.535. The predicted octanol–water partition coefficient (Wildman–Crippen LogP) is 6.73. The molecule has 32 heavy (non-hydrogen) atoms. The molecule has 0 saturated heterocycles. The third-order valence-electron chi connectivity index (χ3n) is 4.31. The molecule has 162 valence electrons. The molecule has 1 amide bonds. The number of amides is 1. The van der Waals surface area contributed by atoms with Crippen molar-refractivity contribution in [1.82, 2.24) is 0 Å². The number of methoxy groups -OCH3 is 1. The van der Waals surface area contributed by atoms with E-state index < -0.39 is 5.91 Å². The van der Waals surface area contributed by atoms with Crippen molar-refractivity contribution in [2.45, 2.75) is 6.61 Å². The first kappa shape index (κ1) is 23.9. The van der Waals surface area contributed by atoms with Gasteiger partial charge in [-0.1, -0.05) is 41.4 Å². The van der Waals surface area contributed by atoms with Crippen molar-refractivity contribution >= 4 is 63.5 Å². The van der Waals surface area contributed by atoms with E-state index in [1.165, 1.54) is 13.2 Å². The topological polar surface area (TPSA) is 71.3 Å². The molecule has 0 heterocycles. The van der Waals surface area contributed by atoms with E-state index in [4.69, 9.17) is 32.7 Å². The maximum Gasteiger partial charge on any atom is 0.266 e. The number of benzene rings is 3. The summed E-state index contributed by atoms with van der Waals surface area (Å²) in [6, 6.07) is 19.5. The van der Waals surface area contributed by atoms with Gasteiger partial charge in [0, 0.05) is 15.7 Å². The predicted molar refractivity (Wildman–Crippen MR) is 135 cm³/mol. The van der Waals surface area contributed by atoms with Crippen LogP contribution in [-0.4, -0.2) is 13.0 Å². The maximum atomic E-state index is 12.5. The van der Waals surface area contributed by atoms with Crippen LogP contribution in [0.5, 0.6) is 11.5 Å². The van der Waals surface area contributed by atoms with Gasteiger partial charge in [-0.25, -0.2) is 0 Å². The van der Waals surface area contributed by atoms with Gasteiger partial charge < -0.3 is 14.8 Å². The highest BCUT2D eigenvalue weighted by Gasteiger charge is 2.14. The summed E-state index contributed by atoms with van der Waals surface area (Å²) < 4.78 is 12.2. The fourth-order valence-corrected chi connectivity index (χ4v) is 3.88. The Morgan fingerprint density at radius 3 is 2.53 bits per heavy atom. The van der Waals surface area contributed by atoms with Gasteiger partial charge in [-0.3, -0.25) is 4.79 Å². The van der Waals surface area contributed by atoms with Crippen LogP contribution in [0.15, 0.2) is 66.2 Å². The number of nitriles is 1. The molecule has 0 radical (unpaired) electrons. The summed E-state index contributed by atoms with van der Waals surface area (Å²) in [7, 11) is 1.53. The summed E-state index contributed by atoms with van der Waals surface area (Å²) >= 11 is 14.0. The quantitative estimate of drug-likeness (QED) is 0.192. The molecule has 0 bridgehead atoms. The van der Waals surface area contributed by atoms with Crippen molar-refractivity contribution in [3.05, 3.63) is 91.0 Å². The average molecular weight is 579 g/mol. The maximum absolute atomic E-state index is 12.5. The molecule has 0 saturated carbocycles. The molecule has 1 N–H and O–H groups in total. The largest absolute Gasteiger partial charge is 0.493 e. The van der Waals surface area contributed by atoms with E-state index in [1.807, 2.05) is 24.3 Å². The summed E-state index contributed by atoms with van der Waals surface area (Å²) in [5, 5.41) is 13.3. The minimum absolute atomic E-state index is 0.0577. The van der Waals surface area contributed by atoms with Crippen molar-refractivity contribution in [3.8, 4) is 17.6 Å². The van der Waals surface area contributed by atoms with Gasteiger partial charge in [-0.2, -0.15) is 5.26 Å². The van der Waals surface area contributed by atoms with Crippen molar-refractivity contribution < 1.29 is 14.3 Å². The van der Waals surface area contributed by atoms with Gasteiger partial charge in [0.2, 0.25) is 0 Å². The van der Waals surface area contributed by atoms with Gasteiger partial charge in [0.05, 0.1) is 10.7 Å². The molecule has 0 aliphatic carbocycles. The summed E-state index contributed by atoms with van der Waals surface area (Å²) in [6.07, 6.45) is 1.49. The Kier molecular flexibility index (Phi) is 8.39. The van der Waals surface area contributed by atoms with Crippen molar-refractivity contribution in [1.29, 1.82) is 5.26 Å². The van der Waals surface area contributed by atoms with E-state index in [2.05, 4.69) is 27.9 Å². The Labute approximate surface area is 209 Å². The van der Waals surface area contributed by atoms with Crippen LogP contribution in [0, 0.1) is 14.9 Å². The number of nitrogens with one attached hydrogen (secondary N) is 1. The molecule has 0 aliphatic heterocycles. The molecule has 5 nitrogen and oxygen atoms in total. The number of carbonyl (C=O) groups excluding carboxylic acids is 1. The van der Waals surface area contributed by atoms with Crippen molar-refractivity contribution in [3.63, 3.8) is 0 Å². The van der Waals surface area contributed by atoms with Crippen LogP contribution in [0.4, 0.5) is 5.69 Å². The first-order valence-electron chi connectivity index (χ1n) is 9.33. The first-order valence-corrected chi connectivity index (χ1v) is 11.2. The van der Waals surface area contributed by atoms with Crippen LogP contribution in [0.3, 0.4) is 0 Å². The number of halogens is 3. The van der Waals surface area contributed by atoms with E-state index in [9.17, 15) is 10.1 Å². The van der Waals surface area contributed by atoms with Crippen LogP contribution < -0.4 is 14.8 Å². The molecule has 0 aliphatic rings. The molecule has 0 aromatic heterocycles. The Bertz CT molecular complexity index is 1200. The van der Waals surface area contributed by atoms with Crippen LogP contribution >= 0.6 is 45.8 Å². The van der Waals surface area contributed by atoms with Crippen LogP contribution in [-0.2, 0) is 11.4 Å². The normalized spacial score (nSPS) is 10.9. The standard InChI is InChI=1S/C24H17Cl2IN2O3/c1-31-22-11-16(9-17(13-28)24(30)29-20-4-2-3-19(26)12-20)10-21(27)23(22)32-14-15-5-7-18(25)8-6-15/h2-12H,14H2,1H3,(H,29,30)/b17-9-. The van der Waals surface area contributed by atoms with Gasteiger partial charge in [0.1, 0.15) is 18.2 Å². The molecule has 3 rings (SSSR count). The van der Waals surface area contributed by atoms with Crippen LogP contribution in [0.1, 0.15) is 11.1 Å². The van der Waals surface area contributed by atoms with Gasteiger partial charge in [-0.15, -0.1) is 0 Å². The number of carbonyl (C=O) groups is 1. The smallest absolute Gasteiger partial charge is 0.266 e. The zero-order valence-corrected chi connectivity index (χ0v) is 20.5. The lowest BCUT2D eigenvalue weighted by molar-refractivity contribution is -0.112. The zero-order valence-electron chi connectivity index (χ0n) is 16.9. The van der Waals surface area contributed by atoms with E-state index in [0.29, 0.717) is 39.4 Å². The fourth-order valence-electron chi connectivity index (χ4n) is 2.78. The SMILES string of the molecule is COc1cc(/C=C(/C#N)C(=O)Nc2cccc(Cl)c2)cc(I)c1OCc1ccc(Cl)cc1. The highest BCUT2D eigenvalue weighted by atomic mass is 127. The first-order chi connectivity index (χ1) is 15.4. The second kappa shape index (κ2) is 11.2. The van der Waals surface area contributed by atoms with Crippen LogP contribution in [0.2, 0.25) is 10.0 Å². The number of rotatable bonds is 7. The minimum Gasteiger partial charge on any atom is -0.493 e. The third kappa shape index (κ3) is 6.39. The second-order valence-corrected chi connectivity index (χ2v) is 8.62. The monoisotopic (exact) mass is 578 g/mol. The van der Waals surface area contributed by atoms with Crippen molar-refractivity contribution in [2.24, 2.45) is 0 Å². The zero-order chi connectivity index (χ0) is 23.1. The lowest BCUT2D eigenvalue weighted by atomic mass is 10.1. The molecular weight excluding hydrogens is 562 g/mol. The second-order valence-electron chi connectivity index (χ2n) is 6.58. The van der Waals surface area contributed by atoms with Gasteiger partial charge in [-0.05, 0) is 82.3 Å². The molecule has 0 unspecified atom stereocenters. The molecular formula is C24H17Cl2IN2O3. The summed E-state index contributed by atoms with van der Waals surface area (Å²) in [5.41, 5.74) is 2.03. The fraction of sp³-hybridized carbons (Fsp3) is 0.0833. The van der Waals surface area contributed by atoms with E-state index >= 15 is 0 Å². The third-order valence-corrected chi connectivity index (χ3v) is 5.60. The van der Waals surface area contributed by atoms with Gasteiger partial charge in [0.15, 0.2) is 11.5 Å². The number of nitrogens with zero attached hydrogens (tertiary/aromatic N) is 1. The van der Waals surface area contributed by atoms with E-state index in [0.717, 1.165) is 9.13 Å². The molecule has 0 atom stereocenters. The lowest BCUT2D eigenvalue weighted by Gasteiger charge is -2.14. The number of hydrogen-bond donors (Lipinski definition) is 1. The van der Waals surface area contributed by atoms with Crippen molar-refractivity contribution in [2.75, 3.05) is 12.4 Å². The van der Waals surface area contributed by atoms with Crippen LogP contribution in [0.25, 0.3) is 6.08 Å². The van der Waals surface area contributed by atoms with E-state index in [-0.39, 0.29) is 5.57 Å².